The number of likely N-dealkylation sites (N-methyl/N-ethyl adjacent to an activating group) is 1. The molecule has 8 heteroatoms. The Morgan fingerprint density at radius 2 is 2.21 bits per heavy atom. The van der Waals surface area contributed by atoms with Crippen LogP contribution in [-0.2, 0) is 0 Å². The van der Waals surface area contributed by atoms with E-state index in [9.17, 15) is 0 Å². The van der Waals surface area contributed by atoms with Crippen molar-refractivity contribution < 1.29 is 4.74 Å². The number of hydrogen-bond donors (Lipinski definition) is 2. The van der Waals surface area contributed by atoms with E-state index < -0.39 is 0 Å². The summed E-state index contributed by atoms with van der Waals surface area (Å²) >= 11 is 1.59. The topological polar surface area (TPSA) is 62.9 Å². The second-order valence-corrected chi connectivity index (χ2v) is 6.01. The van der Waals surface area contributed by atoms with Gasteiger partial charge in [-0.15, -0.1) is 36.2 Å². The Hall–Kier alpha value is -1.47. The van der Waals surface area contributed by atoms with Crippen LogP contribution in [0.25, 0.3) is 0 Å². The number of rotatable bonds is 5. The molecular formula is C16H22Cl2N4OS. The van der Waals surface area contributed by atoms with Gasteiger partial charge in [-0.3, -0.25) is 0 Å². The lowest BCUT2D eigenvalue weighted by molar-refractivity contribution is 0.307. The summed E-state index contributed by atoms with van der Waals surface area (Å²) in [6.45, 7) is 3.49. The molecule has 1 aromatic heterocycles. The van der Waals surface area contributed by atoms with Crippen LogP contribution in [0.5, 0.6) is 5.75 Å². The van der Waals surface area contributed by atoms with Crippen molar-refractivity contribution in [1.29, 1.82) is 0 Å². The number of nitrogens with one attached hydrogen (secondary N) is 1. The summed E-state index contributed by atoms with van der Waals surface area (Å²) in [6.07, 6.45) is 0. The third kappa shape index (κ3) is 4.77. The van der Waals surface area contributed by atoms with Crippen molar-refractivity contribution in [3.05, 3.63) is 40.6 Å². The van der Waals surface area contributed by atoms with E-state index in [1.807, 2.05) is 42.8 Å². The highest BCUT2D eigenvalue weighted by molar-refractivity contribution is 7.12. The second-order valence-electron chi connectivity index (χ2n) is 5.07. The van der Waals surface area contributed by atoms with Crippen LogP contribution in [0.1, 0.15) is 4.88 Å². The molecule has 1 aliphatic heterocycles. The van der Waals surface area contributed by atoms with Crippen LogP contribution in [0.15, 0.2) is 40.7 Å². The molecule has 0 atom stereocenters. The zero-order valence-corrected chi connectivity index (χ0v) is 15.8. The number of thiophene rings is 1. The molecule has 0 saturated carbocycles. The Labute approximate surface area is 158 Å². The molecule has 3 N–H and O–H groups in total. The molecule has 0 bridgehead atoms. The number of hydrogen-bond acceptors (Lipinski definition) is 5. The number of amidine groups is 1. The SMILES string of the molecule is CNCCN1CCOc2ccc(N=C(N)c3cccs3)cc21.Cl.Cl. The number of benzene rings is 1. The summed E-state index contributed by atoms with van der Waals surface area (Å²) in [7, 11) is 1.96. The normalized spacial score (nSPS) is 13.4. The minimum Gasteiger partial charge on any atom is -0.490 e. The molecule has 0 aliphatic carbocycles. The van der Waals surface area contributed by atoms with Crippen molar-refractivity contribution in [3.8, 4) is 5.75 Å². The monoisotopic (exact) mass is 388 g/mol. The molecule has 24 heavy (non-hydrogen) atoms. The fourth-order valence-electron chi connectivity index (χ4n) is 2.43. The molecule has 1 aliphatic rings. The van der Waals surface area contributed by atoms with Gasteiger partial charge in [0.25, 0.3) is 0 Å². The number of halogens is 2. The van der Waals surface area contributed by atoms with Gasteiger partial charge < -0.3 is 20.7 Å². The fraction of sp³-hybridized carbons (Fsp3) is 0.312. The van der Waals surface area contributed by atoms with Gasteiger partial charge in [-0.1, -0.05) is 6.07 Å². The predicted molar refractivity (Wildman–Crippen MR) is 107 cm³/mol. The summed E-state index contributed by atoms with van der Waals surface area (Å²) in [6, 6.07) is 9.92. The van der Waals surface area contributed by atoms with Crippen molar-refractivity contribution in [1.82, 2.24) is 5.32 Å². The van der Waals surface area contributed by atoms with Gasteiger partial charge in [0, 0.05) is 13.1 Å². The first-order chi connectivity index (χ1) is 10.8. The van der Waals surface area contributed by atoms with Crippen molar-refractivity contribution >= 4 is 53.4 Å². The molecule has 1 aromatic carbocycles. The number of nitrogens with two attached hydrogens (primary N) is 1. The number of fused-ring (bicyclic) bond motifs is 1. The van der Waals surface area contributed by atoms with Crippen molar-refractivity contribution in [2.24, 2.45) is 10.7 Å². The van der Waals surface area contributed by atoms with E-state index in [2.05, 4.69) is 15.2 Å². The van der Waals surface area contributed by atoms with Gasteiger partial charge in [0.2, 0.25) is 0 Å². The Morgan fingerprint density at radius 1 is 1.38 bits per heavy atom. The lowest BCUT2D eigenvalue weighted by Gasteiger charge is -2.31. The lowest BCUT2D eigenvalue weighted by Crippen LogP contribution is -2.37. The molecule has 0 unspecified atom stereocenters. The van der Waals surface area contributed by atoms with Crippen molar-refractivity contribution in [2.75, 3.05) is 38.2 Å². The first-order valence-electron chi connectivity index (χ1n) is 7.32. The predicted octanol–water partition coefficient (Wildman–Crippen LogP) is 3.05. The minimum absolute atomic E-state index is 0. The van der Waals surface area contributed by atoms with Crippen molar-refractivity contribution in [2.45, 2.75) is 0 Å². The van der Waals surface area contributed by atoms with Crippen LogP contribution in [0.4, 0.5) is 11.4 Å². The average Bonchev–Trinajstić information content (AvgIpc) is 3.07. The Balaban J connectivity index is 0.00000144. The molecule has 2 aromatic rings. The van der Waals surface area contributed by atoms with Crippen LogP contribution in [-0.4, -0.2) is 39.1 Å². The van der Waals surface area contributed by atoms with E-state index in [1.54, 1.807) is 11.3 Å². The van der Waals surface area contributed by atoms with Gasteiger partial charge in [0.05, 0.1) is 22.8 Å². The van der Waals surface area contributed by atoms with E-state index >= 15 is 0 Å². The van der Waals surface area contributed by atoms with Crippen LogP contribution < -0.4 is 20.7 Å². The van der Waals surface area contributed by atoms with Gasteiger partial charge >= 0.3 is 0 Å². The van der Waals surface area contributed by atoms with Crippen molar-refractivity contribution in [3.63, 3.8) is 0 Å². The number of nitrogens with zero attached hydrogens (tertiary/aromatic N) is 2. The number of aliphatic imine (C=N–C) groups is 1. The summed E-state index contributed by atoms with van der Waals surface area (Å²) in [4.78, 5) is 7.83. The number of anilines is 1. The lowest BCUT2D eigenvalue weighted by atomic mass is 10.2. The zero-order valence-electron chi connectivity index (χ0n) is 13.4. The van der Waals surface area contributed by atoms with Gasteiger partial charge in [-0.05, 0) is 36.7 Å². The summed E-state index contributed by atoms with van der Waals surface area (Å²) in [5.74, 6) is 1.46. The fourth-order valence-corrected chi connectivity index (χ4v) is 3.06. The van der Waals surface area contributed by atoms with E-state index in [0.29, 0.717) is 5.84 Å². The molecule has 2 heterocycles. The first kappa shape index (κ1) is 20.6. The number of ether oxygens (including phenoxy) is 1. The third-order valence-electron chi connectivity index (χ3n) is 3.56. The minimum atomic E-state index is 0. The van der Waals surface area contributed by atoms with Crippen LogP contribution in [0.2, 0.25) is 0 Å². The van der Waals surface area contributed by atoms with Gasteiger partial charge in [0.15, 0.2) is 0 Å². The molecule has 5 nitrogen and oxygen atoms in total. The smallest absolute Gasteiger partial charge is 0.142 e. The molecule has 0 spiro atoms. The zero-order chi connectivity index (χ0) is 15.4. The van der Waals surface area contributed by atoms with Crippen LogP contribution in [0, 0.1) is 0 Å². The first-order valence-corrected chi connectivity index (χ1v) is 8.20. The largest absolute Gasteiger partial charge is 0.490 e. The molecule has 0 saturated heterocycles. The Kier molecular flexibility index (Phi) is 8.35. The quantitative estimate of drug-likeness (QED) is 0.610. The molecule has 0 amide bonds. The van der Waals surface area contributed by atoms with E-state index in [4.69, 9.17) is 10.5 Å². The Morgan fingerprint density at radius 3 is 2.92 bits per heavy atom. The highest BCUT2D eigenvalue weighted by Crippen LogP contribution is 2.35. The Bertz CT molecular complexity index is 664. The van der Waals surface area contributed by atoms with Gasteiger partial charge in [-0.25, -0.2) is 4.99 Å². The molecule has 0 radical (unpaired) electrons. The van der Waals surface area contributed by atoms with Gasteiger partial charge in [0.1, 0.15) is 18.2 Å². The molecule has 132 valence electrons. The van der Waals surface area contributed by atoms with E-state index in [0.717, 1.165) is 48.2 Å². The average molecular weight is 389 g/mol. The van der Waals surface area contributed by atoms with E-state index in [-0.39, 0.29) is 24.8 Å². The maximum Gasteiger partial charge on any atom is 0.142 e. The van der Waals surface area contributed by atoms with E-state index in [1.165, 1.54) is 0 Å². The maximum absolute atomic E-state index is 6.07. The summed E-state index contributed by atoms with van der Waals surface area (Å²) in [5, 5.41) is 5.18. The van der Waals surface area contributed by atoms with Crippen LogP contribution >= 0.6 is 36.2 Å². The maximum atomic E-state index is 6.07. The molecule has 0 fully saturated rings. The summed E-state index contributed by atoms with van der Waals surface area (Å²) < 4.78 is 5.73. The third-order valence-corrected chi connectivity index (χ3v) is 4.45. The standard InChI is InChI=1S/C16H20N4OS.2ClH/c1-18-6-7-20-8-9-21-14-5-4-12(11-13(14)20)19-16(17)15-3-2-10-22-15;;/h2-5,10-11,18H,6-9H2,1H3,(H2,17,19);2*1H. The van der Waals surface area contributed by atoms with Crippen LogP contribution in [0.3, 0.4) is 0 Å². The second kappa shape index (κ2) is 9.74. The summed E-state index contributed by atoms with van der Waals surface area (Å²) in [5.41, 5.74) is 8.00. The molecular weight excluding hydrogens is 367 g/mol. The molecule has 3 rings (SSSR count). The highest BCUT2D eigenvalue weighted by Gasteiger charge is 2.18. The highest BCUT2D eigenvalue weighted by atomic mass is 35.5. The van der Waals surface area contributed by atoms with Gasteiger partial charge in [-0.2, -0.15) is 0 Å².